The van der Waals surface area contributed by atoms with E-state index >= 15 is 0 Å². The Morgan fingerprint density at radius 3 is 2.17 bits per heavy atom. The summed E-state index contributed by atoms with van der Waals surface area (Å²) in [4.78, 5) is 0. The van der Waals surface area contributed by atoms with Crippen molar-refractivity contribution in [1.82, 2.24) is 0 Å². The average Bonchev–Trinajstić information content (AvgIpc) is 2.02. The highest BCUT2D eigenvalue weighted by Gasteiger charge is 1.86. The first kappa shape index (κ1) is 11.4. The molecular formula is C10H18O2. The molecular weight excluding hydrogens is 152 g/mol. The van der Waals surface area contributed by atoms with Crippen LogP contribution in [0.4, 0.5) is 0 Å². The Kier molecular flexibility index (Phi) is 8.07. The van der Waals surface area contributed by atoms with Crippen LogP contribution in [0.5, 0.6) is 0 Å². The molecule has 0 aliphatic heterocycles. The van der Waals surface area contributed by atoms with Gasteiger partial charge in [0.15, 0.2) is 0 Å². The van der Waals surface area contributed by atoms with Crippen LogP contribution in [0.15, 0.2) is 24.3 Å². The first-order valence-corrected chi connectivity index (χ1v) is 4.19. The standard InChI is InChI=1S/C10H18O2/c1-10(2)12-9-7-5-4-6-8-11-3/h4-7,10H,8-9H2,1-3H3/b6-4-,7-5-. The van der Waals surface area contributed by atoms with E-state index in [-0.39, 0.29) is 0 Å². The summed E-state index contributed by atoms with van der Waals surface area (Å²) in [6.07, 6.45) is 8.14. The molecule has 0 atom stereocenters. The lowest BCUT2D eigenvalue weighted by atomic mass is 10.4. The summed E-state index contributed by atoms with van der Waals surface area (Å²) in [6, 6.07) is 0. The smallest absolute Gasteiger partial charge is 0.0653 e. The minimum Gasteiger partial charge on any atom is -0.381 e. The zero-order chi connectivity index (χ0) is 9.23. The van der Waals surface area contributed by atoms with E-state index in [0.717, 1.165) is 0 Å². The van der Waals surface area contributed by atoms with Gasteiger partial charge in [0, 0.05) is 7.11 Å². The number of rotatable bonds is 6. The molecule has 0 saturated heterocycles. The summed E-state index contributed by atoms with van der Waals surface area (Å²) in [6.45, 7) is 5.38. The molecule has 0 aliphatic rings. The fourth-order valence-corrected chi connectivity index (χ4v) is 0.612. The largest absolute Gasteiger partial charge is 0.381 e. The quantitative estimate of drug-likeness (QED) is 0.569. The molecule has 0 radical (unpaired) electrons. The third-order valence-electron chi connectivity index (χ3n) is 1.17. The van der Waals surface area contributed by atoms with E-state index in [2.05, 4.69) is 0 Å². The van der Waals surface area contributed by atoms with E-state index in [1.165, 1.54) is 0 Å². The molecule has 0 unspecified atom stereocenters. The molecule has 0 aromatic carbocycles. The molecule has 0 fully saturated rings. The van der Waals surface area contributed by atoms with Crippen molar-refractivity contribution < 1.29 is 9.47 Å². The van der Waals surface area contributed by atoms with E-state index in [1.807, 2.05) is 38.2 Å². The summed E-state index contributed by atoms with van der Waals surface area (Å²) in [5, 5.41) is 0. The van der Waals surface area contributed by atoms with E-state index in [1.54, 1.807) is 7.11 Å². The molecule has 2 heteroatoms. The Bertz CT molecular complexity index is 137. The monoisotopic (exact) mass is 170 g/mol. The maximum Gasteiger partial charge on any atom is 0.0653 e. The van der Waals surface area contributed by atoms with E-state index in [9.17, 15) is 0 Å². The Balaban J connectivity index is 3.25. The zero-order valence-corrected chi connectivity index (χ0v) is 8.12. The van der Waals surface area contributed by atoms with Gasteiger partial charge in [0.25, 0.3) is 0 Å². The highest BCUT2D eigenvalue weighted by Crippen LogP contribution is 1.87. The Morgan fingerprint density at radius 2 is 1.67 bits per heavy atom. The van der Waals surface area contributed by atoms with Gasteiger partial charge in [-0.05, 0) is 13.8 Å². The predicted octanol–water partition coefficient (Wildman–Crippen LogP) is 2.17. The number of methoxy groups -OCH3 is 1. The molecule has 0 heterocycles. The Morgan fingerprint density at radius 1 is 1.08 bits per heavy atom. The molecule has 0 aromatic rings. The number of hydrogen-bond acceptors (Lipinski definition) is 2. The van der Waals surface area contributed by atoms with Gasteiger partial charge in [0.2, 0.25) is 0 Å². The molecule has 0 saturated carbocycles. The lowest BCUT2D eigenvalue weighted by Gasteiger charge is -2.01. The topological polar surface area (TPSA) is 18.5 Å². The van der Waals surface area contributed by atoms with Crippen LogP contribution < -0.4 is 0 Å². The average molecular weight is 170 g/mol. The van der Waals surface area contributed by atoms with Crippen molar-refractivity contribution in [2.24, 2.45) is 0 Å². The molecule has 0 amide bonds. The van der Waals surface area contributed by atoms with Crippen LogP contribution in [0.25, 0.3) is 0 Å². The normalized spacial score (nSPS) is 12.3. The Hall–Kier alpha value is -0.600. The van der Waals surface area contributed by atoms with Crippen molar-refractivity contribution in [3.05, 3.63) is 24.3 Å². The van der Waals surface area contributed by atoms with Gasteiger partial charge in [-0.25, -0.2) is 0 Å². The van der Waals surface area contributed by atoms with Crippen LogP contribution in [0.2, 0.25) is 0 Å². The third-order valence-corrected chi connectivity index (χ3v) is 1.17. The molecule has 0 bridgehead atoms. The van der Waals surface area contributed by atoms with Gasteiger partial charge in [0.1, 0.15) is 0 Å². The zero-order valence-electron chi connectivity index (χ0n) is 8.12. The first-order chi connectivity index (χ1) is 5.77. The summed E-state index contributed by atoms with van der Waals surface area (Å²) in [7, 11) is 1.68. The van der Waals surface area contributed by atoms with Crippen LogP contribution in [-0.4, -0.2) is 26.4 Å². The van der Waals surface area contributed by atoms with Crippen LogP contribution in [0, 0.1) is 0 Å². The van der Waals surface area contributed by atoms with E-state index in [0.29, 0.717) is 19.3 Å². The van der Waals surface area contributed by atoms with Gasteiger partial charge in [-0.1, -0.05) is 24.3 Å². The molecule has 2 nitrogen and oxygen atoms in total. The van der Waals surface area contributed by atoms with Gasteiger partial charge in [-0.15, -0.1) is 0 Å². The van der Waals surface area contributed by atoms with Crippen molar-refractivity contribution in [3.63, 3.8) is 0 Å². The van der Waals surface area contributed by atoms with Gasteiger partial charge in [0.05, 0.1) is 19.3 Å². The minimum absolute atomic E-state index is 0.303. The maximum atomic E-state index is 5.30. The molecule has 0 rings (SSSR count). The fourth-order valence-electron chi connectivity index (χ4n) is 0.612. The number of hydrogen-bond donors (Lipinski definition) is 0. The summed E-state index contributed by atoms with van der Waals surface area (Å²) in [5.41, 5.74) is 0. The van der Waals surface area contributed by atoms with E-state index in [4.69, 9.17) is 9.47 Å². The van der Waals surface area contributed by atoms with Crippen LogP contribution >= 0.6 is 0 Å². The van der Waals surface area contributed by atoms with Crippen LogP contribution in [-0.2, 0) is 9.47 Å². The second-order valence-corrected chi connectivity index (χ2v) is 2.69. The summed E-state index contributed by atoms with van der Waals surface area (Å²) < 4.78 is 10.1. The van der Waals surface area contributed by atoms with Crippen molar-refractivity contribution in [2.45, 2.75) is 20.0 Å². The fraction of sp³-hybridized carbons (Fsp3) is 0.600. The van der Waals surface area contributed by atoms with E-state index < -0.39 is 0 Å². The second kappa shape index (κ2) is 8.50. The lowest BCUT2D eigenvalue weighted by Crippen LogP contribution is -2.01. The highest BCUT2D eigenvalue weighted by atomic mass is 16.5. The van der Waals surface area contributed by atoms with Gasteiger partial charge >= 0.3 is 0 Å². The SMILES string of the molecule is COC/C=C\C=C/COC(C)C. The van der Waals surface area contributed by atoms with Crippen molar-refractivity contribution in [3.8, 4) is 0 Å². The van der Waals surface area contributed by atoms with Crippen molar-refractivity contribution in [2.75, 3.05) is 20.3 Å². The third kappa shape index (κ3) is 9.40. The molecule has 0 spiro atoms. The van der Waals surface area contributed by atoms with Crippen LogP contribution in [0.3, 0.4) is 0 Å². The minimum atomic E-state index is 0.303. The van der Waals surface area contributed by atoms with Crippen LogP contribution in [0.1, 0.15) is 13.8 Å². The lowest BCUT2D eigenvalue weighted by molar-refractivity contribution is 0.102. The molecule has 12 heavy (non-hydrogen) atoms. The highest BCUT2D eigenvalue weighted by molar-refractivity contribution is 5.02. The second-order valence-electron chi connectivity index (χ2n) is 2.69. The number of allylic oxidation sites excluding steroid dienone is 2. The van der Waals surface area contributed by atoms with Crippen molar-refractivity contribution >= 4 is 0 Å². The molecule has 0 aliphatic carbocycles. The molecule has 0 N–H and O–H groups in total. The molecule has 70 valence electrons. The molecule has 0 aromatic heterocycles. The van der Waals surface area contributed by atoms with Gasteiger partial charge < -0.3 is 9.47 Å². The maximum absolute atomic E-state index is 5.30. The predicted molar refractivity (Wildman–Crippen MR) is 51.2 cm³/mol. The number of ether oxygens (including phenoxy) is 2. The summed E-state index contributed by atoms with van der Waals surface area (Å²) in [5.74, 6) is 0. The Labute approximate surface area is 74.9 Å². The van der Waals surface area contributed by atoms with Gasteiger partial charge in [-0.2, -0.15) is 0 Å². The summed E-state index contributed by atoms with van der Waals surface area (Å²) >= 11 is 0. The van der Waals surface area contributed by atoms with Gasteiger partial charge in [-0.3, -0.25) is 0 Å². The first-order valence-electron chi connectivity index (χ1n) is 4.19. The van der Waals surface area contributed by atoms with Crippen molar-refractivity contribution in [1.29, 1.82) is 0 Å².